The number of morpholine rings is 1. The summed E-state index contributed by atoms with van der Waals surface area (Å²) < 4.78 is 44.5. The number of benzene rings is 1. The first kappa shape index (κ1) is 19.4. The van der Waals surface area contributed by atoms with Gasteiger partial charge >= 0.3 is 6.18 Å². The van der Waals surface area contributed by atoms with Crippen molar-refractivity contribution >= 4 is 29.0 Å². The number of hydrogen-bond donors (Lipinski definition) is 1. The molecule has 1 fully saturated rings. The first-order chi connectivity index (χ1) is 12.9. The van der Waals surface area contributed by atoms with Crippen LogP contribution in [0.4, 0.5) is 24.5 Å². The summed E-state index contributed by atoms with van der Waals surface area (Å²) in [5.41, 5.74) is -0.138. The second-order valence-corrected chi connectivity index (χ2v) is 6.64. The maximum atomic E-state index is 13.1. The molecule has 1 saturated heterocycles. The molecule has 0 saturated carbocycles. The Morgan fingerprint density at radius 3 is 2.59 bits per heavy atom. The van der Waals surface area contributed by atoms with E-state index < -0.39 is 17.6 Å². The van der Waals surface area contributed by atoms with Crippen LogP contribution in [0, 0.1) is 0 Å². The van der Waals surface area contributed by atoms with Gasteiger partial charge in [0.25, 0.3) is 0 Å². The standard InChI is InChI=1S/C17H17F3N4O2S/c18-17(19,20)12-2-3-14(24-6-8-26-9-7-24)13(10-12)23-15(25)11-27-16-21-4-1-5-22-16/h1-5,10H,6-9,11H2,(H,23,25). The summed E-state index contributed by atoms with van der Waals surface area (Å²) in [5, 5.41) is 3.01. The summed E-state index contributed by atoms with van der Waals surface area (Å²) in [5.74, 6) is -0.440. The molecule has 2 heterocycles. The van der Waals surface area contributed by atoms with E-state index in [1.807, 2.05) is 4.90 Å². The third kappa shape index (κ3) is 5.33. The first-order valence-electron chi connectivity index (χ1n) is 8.17. The van der Waals surface area contributed by atoms with Crippen LogP contribution in [0.25, 0.3) is 0 Å². The maximum Gasteiger partial charge on any atom is 0.416 e. The van der Waals surface area contributed by atoms with Crippen molar-refractivity contribution in [2.24, 2.45) is 0 Å². The van der Waals surface area contributed by atoms with Gasteiger partial charge in [-0.1, -0.05) is 11.8 Å². The minimum Gasteiger partial charge on any atom is -0.378 e. The lowest BCUT2D eigenvalue weighted by Gasteiger charge is -2.31. The molecule has 2 aromatic rings. The van der Waals surface area contributed by atoms with E-state index in [0.29, 0.717) is 37.1 Å². The topological polar surface area (TPSA) is 67.4 Å². The Kier molecular flexibility index (Phi) is 6.17. The molecule has 1 aromatic heterocycles. The minimum absolute atomic E-state index is 0.0111. The minimum atomic E-state index is -4.49. The number of anilines is 2. The largest absolute Gasteiger partial charge is 0.416 e. The van der Waals surface area contributed by atoms with Crippen LogP contribution in [0.5, 0.6) is 0 Å². The van der Waals surface area contributed by atoms with Crippen LogP contribution in [-0.4, -0.2) is 47.9 Å². The Balaban J connectivity index is 1.76. The number of amides is 1. The molecule has 144 valence electrons. The van der Waals surface area contributed by atoms with E-state index in [4.69, 9.17) is 4.74 Å². The zero-order chi connectivity index (χ0) is 19.3. The zero-order valence-electron chi connectivity index (χ0n) is 14.2. The summed E-state index contributed by atoms with van der Waals surface area (Å²) in [6.07, 6.45) is -1.39. The number of carbonyl (C=O) groups excluding carboxylic acids is 1. The Bertz CT molecular complexity index is 783. The predicted molar refractivity (Wildman–Crippen MR) is 95.9 cm³/mol. The van der Waals surface area contributed by atoms with Crippen LogP contribution in [0.1, 0.15) is 5.56 Å². The quantitative estimate of drug-likeness (QED) is 0.617. The number of alkyl halides is 3. The number of ether oxygens (including phenoxy) is 1. The van der Waals surface area contributed by atoms with Gasteiger partial charge in [0.1, 0.15) is 0 Å². The molecule has 10 heteroatoms. The Morgan fingerprint density at radius 1 is 1.22 bits per heavy atom. The normalized spacial score (nSPS) is 14.9. The number of nitrogens with one attached hydrogen (secondary N) is 1. The van der Waals surface area contributed by atoms with Gasteiger partial charge in [-0.2, -0.15) is 13.2 Å². The molecule has 0 spiro atoms. The van der Waals surface area contributed by atoms with E-state index in [0.717, 1.165) is 23.9 Å². The van der Waals surface area contributed by atoms with Gasteiger partial charge in [0, 0.05) is 25.5 Å². The average Bonchev–Trinajstić information content (AvgIpc) is 2.67. The van der Waals surface area contributed by atoms with Crippen molar-refractivity contribution in [1.82, 2.24) is 9.97 Å². The fourth-order valence-electron chi connectivity index (χ4n) is 2.57. The lowest BCUT2D eigenvalue weighted by molar-refractivity contribution is -0.137. The molecule has 1 N–H and O–H groups in total. The summed E-state index contributed by atoms with van der Waals surface area (Å²) in [7, 11) is 0. The van der Waals surface area contributed by atoms with Gasteiger partial charge in [-0.25, -0.2) is 9.97 Å². The third-order valence-corrected chi connectivity index (χ3v) is 4.70. The van der Waals surface area contributed by atoms with E-state index in [1.165, 1.54) is 6.07 Å². The monoisotopic (exact) mass is 398 g/mol. The number of hydrogen-bond acceptors (Lipinski definition) is 6. The lowest BCUT2D eigenvalue weighted by Crippen LogP contribution is -2.37. The number of halogens is 3. The lowest BCUT2D eigenvalue weighted by atomic mass is 10.1. The average molecular weight is 398 g/mol. The van der Waals surface area contributed by atoms with Gasteiger partial charge in [0.2, 0.25) is 5.91 Å². The highest BCUT2D eigenvalue weighted by Gasteiger charge is 2.32. The highest BCUT2D eigenvalue weighted by atomic mass is 32.2. The summed E-state index contributed by atoms with van der Waals surface area (Å²) in [6, 6.07) is 5.03. The molecule has 1 aromatic carbocycles. The Morgan fingerprint density at radius 2 is 1.93 bits per heavy atom. The molecule has 1 amide bonds. The number of rotatable bonds is 5. The van der Waals surface area contributed by atoms with Crippen molar-refractivity contribution in [1.29, 1.82) is 0 Å². The van der Waals surface area contributed by atoms with E-state index in [9.17, 15) is 18.0 Å². The molecule has 0 unspecified atom stereocenters. The molecule has 6 nitrogen and oxygen atoms in total. The molecule has 3 rings (SSSR count). The van der Waals surface area contributed by atoms with Crippen LogP contribution >= 0.6 is 11.8 Å². The first-order valence-corrected chi connectivity index (χ1v) is 9.15. The smallest absolute Gasteiger partial charge is 0.378 e. The molecular weight excluding hydrogens is 381 g/mol. The van der Waals surface area contributed by atoms with Crippen molar-refractivity contribution in [3.63, 3.8) is 0 Å². The van der Waals surface area contributed by atoms with Crippen molar-refractivity contribution in [3.05, 3.63) is 42.2 Å². The van der Waals surface area contributed by atoms with Gasteiger partial charge in [-0.05, 0) is 24.3 Å². The van der Waals surface area contributed by atoms with Crippen molar-refractivity contribution in [2.45, 2.75) is 11.3 Å². The van der Waals surface area contributed by atoms with Gasteiger partial charge < -0.3 is 15.0 Å². The molecule has 0 aliphatic carbocycles. The predicted octanol–water partition coefficient (Wildman–Crippen LogP) is 3.06. The molecular formula is C17H17F3N4O2S. The second kappa shape index (κ2) is 8.57. The second-order valence-electron chi connectivity index (χ2n) is 5.70. The molecule has 0 radical (unpaired) electrons. The fraction of sp³-hybridized carbons (Fsp3) is 0.353. The van der Waals surface area contributed by atoms with Crippen LogP contribution in [0.15, 0.2) is 41.8 Å². The van der Waals surface area contributed by atoms with Gasteiger partial charge in [0.15, 0.2) is 5.16 Å². The highest BCUT2D eigenvalue weighted by molar-refractivity contribution is 7.99. The van der Waals surface area contributed by atoms with E-state index in [2.05, 4.69) is 15.3 Å². The molecule has 1 aliphatic rings. The fourth-order valence-corrected chi connectivity index (χ4v) is 3.17. The third-order valence-electron chi connectivity index (χ3n) is 3.82. The van der Waals surface area contributed by atoms with Crippen LogP contribution in [0.2, 0.25) is 0 Å². The van der Waals surface area contributed by atoms with E-state index in [1.54, 1.807) is 18.5 Å². The molecule has 0 atom stereocenters. The van der Waals surface area contributed by atoms with Crippen LogP contribution < -0.4 is 10.2 Å². The maximum absolute atomic E-state index is 13.1. The van der Waals surface area contributed by atoms with Gasteiger partial charge in [-0.15, -0.1) is 0 Å². The molecule has 27 heavy (non-hydrogen) atoms. The van der Waals surface area contributed by atoms with Gasteiger partial charge in [-0.3, -0.25) is 4.79 Å². The van der Waals surface area contributed by atoms with Crippen LogP contribution in [0.3, 0.4) is 0 Å². The summed E-state index contributed by atoms with van der Waals surface area (Å²) >= 11 is 1.11. The van der Waals surface area contributed by atoms with Crippen molar-refractivity contribution in [3.8, 4) is 0 Å². The van der Waals surface area contributed by atoms with Crippen molar-refractivity contribution < 1.29 is 22.7 Å². The van der Waals surface area contributed by atoms with E-state index in [-0.39, 0.29) is 11.4 Å². The van der Waals surface area contributed by atoms with Crippen LogP contribution in [-0.2, 0) is 15.7 Å². The van der Waals surface area contributed by atoms with Crippen molar-refractivity contribution in [2.75, 3.05) is 42.3 Å². The van der Waals surface area contributed by atoms with E-state index >= 15 is 0 Å². The highest BCUT2D eigenvalue weighted by Crippen LogP contribution is 2.35. The Hall–Kier alpha value is -2.33. The van der Waals surface area contributed by atoms with Gasteiger partial charge in [0.05, 0.1) is 35.9 Å². The number of aromatic nitrogens is 2. The summed E-state index contributed by atoms with van der Waals surface area (Å²) in [6.45, 7) is 2.05. The SMILES string of the molecule is O=C(CSc1ncccn1)Nc1cc(C(F)(F)F)ccc1N1CCOCC1. The number of nitrogens with zero attached hydrogens (tertiary/aromatic N) is 3. The zero-order valence-corrected chi connectivity index (χ0v) is 15.0. The Labute approximate surface area is 158 Å². The number of carbonyl (C=O) groups is 1. The number of thioether (sulfide) groups is 1. The molecule has 0 bridgehead atoms. The molecule has 1 aliphatic heterocycles. The summed E-state index contributed by atoms with van der Waals surface area (Å²) in [4.78, 5) is 22.2.